The Hall–Kier alpha value is -1.81. The van der Waals surface area contributed by atoms with Crippen LogP contribution in [0.15, 0.2) is 0 Å². The molecule has 0 aliphatic carbocycles. The first kappa shape index (κ1) is 35.2. The largest absolute Gasteiger partial charge is 0.460 e. The van der Waals surface area contributed by atoms with Crippen LogP contribution in [-0.2, 0) is 23.8 Å². The van der Waals surface area contributed by atoms with Gasteiger partial charge in [0.1, 0.15) is 5.60 Å². The van der Waals surface area contributed by atoms with Gasteiger partial charge in [0.2, 0.25) is 0 Å². The second-order valence-corrected chi connectivity index (χ2v) is 9.42. The number of halogens is 17. The van der Waals surface area contributed by atoms with Gasteiger partial charge in [0.25, 0.3) is 0 Å². The molecule has 0 rings (SSSR count). The second-order valence-electron chi connectivity index (χ2n) is 7.76. The van der Waals surface area contributed by atoms with Gasteiger partial charge in [-0.25, -0.2) is 4.79 Å². The van der Waals surface area contributed by atoms with Crippen LogP contribution >= 0.6 is 0 Å². The zero-order valence-corrected chi connectivity index (χ0v) is 18.4. The van der Waals surface area contributed by atoms with Gasteiger partial charge < -0.3 is 4.74 Å². The van der Waals surface area contributed by atoms with Gasteiger partial charge in [-0.15, -0.1) is 0 Å². The Labute approximate surface area is 194 Å². The summed E-state index contributed by atoms with van der Waals surface area (Å²) < 4.78 is 253. The van der Waals surface area contributed by atoms with Crippen molar-refractivity contribution in [3.05, 3.63) is 0 Å². The Balaban J connectivity index is 6.64. The lowest BCUT2D eigenvalue weighted by Crippen LogP contribution is -2.75. The third kappa shape index (κ3) is 5.37. The summed E-state index contributed by atoms with van der Waals surface area (Å²) in [5, 5.41) is -7.85. The number of ether oxygens (including phenoxy) is 1. The van der Waals surface area contributed by atoms with Gasteiger partial charge in [0.15, 0.2) is 6.61 Å². The van der Waals surface area contributed by atoms with Crippen molar-refractivity contribution < 1.29 is 96.8 Å². The molecule has 0 saturated carbocycles. The summed E-state index contributed by atoms with van der Waals surface area (Å²) in [5.74, 6) is -54.3. The molecule has 222 valence electrons. The molecule has 0 aliphatic heterocycles. The molecule has 23 heteroatoms. The number of carbonyl (C=O) groups excluding carboxylic acids is 1. The van der Waals surface area contributed by atoms with Crippen LogP contribution in [0.25, 0.3) is 0 Å². The number of carbonyl (C=O) groups is 1. The van der Waals surface area contributed by atoms with E-state index in [-0.39, 0.29) is 0 Å². The zero-order valence-electron chi connectivity index (χ0n) is 17.6. The molecule has 0 aliphatic rings. The summed E-state index contributed by atoms with van der Waals surface area (Å²) in [7, 11) is -7.80. The molecule has 0 N–H and O–H groups in total. The minimum absolute atomic E-state index is 1.03. The molecule has 5 nitrogen and oxygen atoms in total. The van der Waals surface area contributed by atoms with Crippen LogP contribution in [0.5, 0.6) is 0 Å². The van der Waals surface area contributed by atoms with E-state index >= 15 is 0 Å². The summed E-state index contributed by atoms with van der Waals surface area (Å²) in [6.07, 6.45) is -7.92. The first-order valence-electron chi connectivity index (χ1n) is 8.42. The van der Waals surface area contributed by atoms with Crippen molar-refractivity contribution in [2.45, 2.75) is 73.3 Å². The van der Waals surface area contributed by atoms with Crippen molar-refractivity contribution in [1.82, 2.24) is 0 Å². The van der Waals surface area contributed by atoms with E-state index in [2.05, 4.69) is 8.92 Å². The number of alkyl halides is 17. The Bertz CT molecular complexity index is 962. The van der Waals surface area contributed by atoms with E-state index in [0.717, 1.165) is 20.8 Å². The van der Waals surface area contributed by atoms with E-state index in [1.807, 2.05) is 0 Å². The Morgan fingerprint density at radius 1 is 0.568 bits per heavy atom. The fourth-order valence-electron chi connectivity index (χ4n) is 1.88. The first-order valence-corrected chi connectivity index (χ1v) is 9.83. The quantitative estimate of drug-likeness (QED) is 0.181. The summed E-state index contributed by atoms with van der Waals surface area (Å²) in [6.45, 7) is 0.717. The van der Waals surface area contributed by atoms with Crippen LogP contribution in [-0.4, -0.2) is 73.6 Å². The Morgan fingerprint density at radius 2 is 0.865 bits per heavy atom. The van der Waals surface area contributed by atoms with Gasteiger partial charge >= 0.3 is 63.1 Å². The van der Waals surface area contributed by atoms with Crippen LogP contribution in [0, 0.1) is 0 Å². The van der Waals surface area contributed by atoms with Crippen molar-refractivity contribution >= 4 is 16.1 Å². The molecule has 0 amide bonds. The van der Waals surface area contributed by atoms with Crippen LogP contribution < -0.4 is 0 Å². The molecule has 0 saturated heterocycles. The van der Waals surface area contributed by atoms with Crippen molar-refractivity contribution in [2.75, 3.05) is 6.61 Å². The van der Waals surface area contributed by atoms with Crippen molar-refractivity contribution in [3.8, 4) is 0 Å². The van der Waals surface area contributed by atoms with E-state index in [9.17, 15) is 87.8 Å². The number of hydrogen-bond donors (Lipinski definition) is 0. The average Bonchev–Trinajstić information content (AvgIpc) is 2.63. The molecule has 0 radical (unpaired) electrons. The van der Waals surface area contributed by atoms with Crippen LogP contribution in [0.4, 0.5) is 74.6 Å². The SMILES string of the molecule is CC(C)(C)OC(=O)COS(=O)(=O)C(F)(F)C(F)(F)C(F)(F)C(F)(F)C(F)(F)C(F)(F)C(F)(F)C(F)(F)F. The van der Waals surface area contributed by atoms with Gasteiger partial charge in [-0.3, -0.25) is 4.18 Å². The standard InChI is InChI=1S/C14H11F17O5S/c1-6(2,3)36-5(32)4-35-37(33,34)14(30,31)12(25,26)10(21,22)8(17,18)7(15,16)9(19,20)11(23,24)13(27,28)29/h4H2,1-3H3. The summed E-state index contributed by atoms with van der Waals surface area (Å²) >= 11 is 0. The zero-order chi connectivity index (χ0) is 30.7. The maximum absolute atomic E-state index is 13.7. The first-order chi connectivity index (χ1) is 15.6. The lowest BCUT2D eigenvalue weighted by molar-refractivity contribution is -0.458. The molecule has 0 aromatic carbocycles. The molecule has 0 spiro atoms. The minimum atomic E-state index is -8.95. The molecule has 0 heterocycles. The Kier molecular flexibility index (Phi) is 8.69. The molecule has 0 fully saturated rings. The fourth-order valence-corrected chi connectivity index (χ4v) is 2.72. The maximum Gasteiger partial charge on any atom is 0.460 e. The Morgan fingerprint density at radius 3 is 1.16 bits per heavy atom. The monoisotopic (exact) mass is 614 g/mol. The summed E-state index contributed by atoms with van der Waals surface area (Å²) in [5.41, 5.74) is -1.57. The average molecular weight is 614 g/mol. The smallest absolute Gasteiger partial charge is 0.458 e. The van der Waals surface area contributed by atoms with Crippen LogP contribution in [0.3, 0.4) is 0 Å². The maximum atomic E-state index is 13.7. The van der Waals surface area contributed by atoms with Crippen molar-refractivity contribution in [1.29, 1.82) is 0 Å². The fraction of sp³-hybridized carbons (Fsp3) is 0.929. The van der Waals surface area contributed by atoms with E-state index in [4.69, 9.17) is 0 Å². The van der Waals surface area contributed by atoms with Gasteiger partial charge in [-0.1, -0.05) is 0 Å². The molecule has 0 bridgehead atoms. The van der Waals surface area contributed by atoms with E-state index < -0.39 is 75.3 Å². The topological polar surface area (TPSA) is 69.7 Å². The minimum Gasteiger partial charge on any atom is -0.458 e. The third-order valence-electron chi connectivity index (χ3n) is 3.76. The number of esters is 1. The highest BCUT2D eigenvalue weighted by Crippen LogP contribution is 2.64. The van der Waals surface area contributed by atoms with E-state index in [1.54, 1.807) is 0 Å². The molecular formula is C14H11F17O5S. The highest BCUT2D eigenvalue weighted by atomic mass is 32.2. The lowest BCUT2D eigenvalue weighted by Gasteiger charge is -2.42. The molecule has 0 aromatic heterocycles. The molecule has 0 aromatic rings. The number of rotatable bonds is 10. The van der Waals surface area contributed by atoms with E-state index in [1.165, 1.54) is 0 Å². The van der Waals surface area contributed by atoms with Crippen LogP contribution in [0.2, 0.25) is 0 Å². The van der Waals surface area contributed by atoms with Gasteiger partial charge in [-0.2, -0.15) is 83.1 Å². The van der Waals surface area contributed by atoms with E-state index in [0.29, 0.717) is 0 Å². The predicted molar refractivity (Wildman–Crippen MR) is 81.4 cm³/mol. The molecule has 37 heavy (non-hydrogen) atoms. The highest BCUT2D eigenvalue weighted by Gasteiger charge is 2.96. The number of hydrogen-bond acceptors (Lipinski definition) is 5. The van der Waals surface area contributed by atoms with Gasteiger partial charge in [0.05, 0.1) is 0 Å². The van der Waals surface area contributed by atoms with Crippen molar-refractivity contribution in [2.24, 2.45) is 0 Å². The highest BCUT2D eigenvalue weighted by molar-refractivity contribution is 7.87. The molecule has 0 unspecified atom stereocenters. The lowest BCUT2D eigenvalue weighted by atomic mass is 9.91. The molecule has 0 atom stereocenters. The normalized spacial score (nSPS) is 16.1. The summed E-state index contributed by atoms with van der Waals surface area (Å²) in [4.78, 5) is 11.2. The molecular weight excluding hydrogens is 603 g/mol. The second kappa shape index (κ2) is 9.14. The summed E-state index contributed by atoms with van der Waals surface area (Å²) in [6, 6.07) is 0. The van der Waals surface area contributed by atoms with Gasteiger partial charge in [-0.05, 0) is 20.8 Å². The van der Waals surface area contributed by atoms with Crippen LogP contribution in [0.1, 0.15) is 20.8 Å². The van der Waals surface area contributed by atoms with Gasteiger partial charge in [0, 0.05) is 0 Å². The van der Waals surface area contributed by atoms with Crippen molar-refractivity contribution in [3.63, 3.8) is 0 Å². The predicted octanol–water partition coefficient (Wildman–Crippen LogP) is 5.64. The third-order valence-corrected chi connectivity index (χ3v) is 5.07.